The van der Waals surface area contributed by atoms with Crippen LogP contribution in [0.15, 0.2) is 36.5 Å². The molecule has 0 radical (unpaired) electrons. The quantitative estimate of drug-likeness (QED) is 0.903. The first kappa shape index (κ1) is 14.6. The summed E-state index contributed by atoms with van der Waals surface area (Å²) in [5, 5.41) is 10.3. The second-order valence-electron chi connectivity index (χ2n) is 4.63. The topological polar surface area (TPSA) is 59.1 Å². The van der Waals surface area contributed by atoms with Crippen molar-refractivity contribution in [3.8, 4) is 0 Å². The van der Waals surface area contributed by atoms with Crippen molar-refractivity contribution >= 4 is 0 Å². The van der Waals surface area contributed by atoms with Gasteiger partial charge in [0.1, 0.15) is 11.6 Å². The fourth-order valence-corrected chi connectivity index (χ4v) is 2.16. The molecule has 3 N–H and O–H groups in total. The Kier molecular flexibility index (Phi) is 4.42. The molecule has 5 heteroatoms. The van der Waals surface area contributed by atoms with Crippen molar-refractivity contribution in [1.29, 1.82) is 0 Å². The van der Waals surface area contributed by atoms with E-state index in [1.807, 2.05) is 0 Å². The third-order valence-corrected chi connectivity index (χ3v) is 3.32. The van der Waals surface area contributed by atoms with E-state index in [1.165, 1.54) is 13.0 Å². The SMILES string of the molecule is Cc1ccc(F)c(C(O)C(CN)c2ccccn2)c1F. The number of aliphatic hydroxyl groups excluding tert-OH is 1. The number of aliphatic hydroxyl groups is 1. The Balaban J connectivity index is 2.44. The summed E-state index contributed by atoms with van der Waals surface area (Å²) in [6, 6.07) is 7.60. The van der Waals surface area contributed by atoms with Crippen LogP contribution in [0.1, 0.15) is 28.8 Å². The molecule has 2 rings (SSSR count). The predicted octanol–water partition coefficient (Wildman–Crippen LogP) is 2.44. The molecular formula is C15H16F2N2O. The number of pyridine rings is 1. The maximum atomic E-state index is 14.1. The number of halogens is 2. The van der Waals surface area contributed by atoms with Crippen LogP contribution in [0.4, 0.5) is 8.78 Å². The summed E-state index contributed by atoms with van der Waals surface area (Å²) in [6.45, 7) is 1.55. The van der Waals surface area contributed by atoms with Gasteiger partial charge in [-0.3, -0.25) is 4.98 Å². The van der Waals surface area contributed by atoms with E-state index in [2.05, 4.69) is 4.98 Å². The molecular weight excluding hydrogens is 262 g/mol. The van der Waals surface area contributed by atoms with Crippen molar-refractivity contribution in [3.63, 3.8) is 0 Å². The summed E-state index contributed by atoms with van der Waals surface area (Å²) in [5.74, 6) is -2.19. The maximum absolute atomic E-state index is 14.1. The molecule has 0 aliphatic carbocycles. The molecule has 2 aromatic rings. The van der Waals surface area contributed by atoms with E-state index in [0.717, 1.165) is 6.07 Å². The van der Waals surface area contributed by atoms with Gasteiger partial charge in [-0.05, 0) is 30.7 Å². The van der Waals surface area contributed by atoms with Gasteiger partial charge in [-0.25, -0.2) is 8.78 Å². The molecule has 1 heterocycles. The molecule has 0 bridgehead atoms. The first-order chi connectivity index (χ1) is 9.56. The van der Waals surface area contributed by atoms with Crippen LogP contribution >= 0.6 is 0 Å². The molecule has 0 fully saturated rings. The molecule has 0 aliphatic heterocycles. The molecule has 0 amide bonds. The van der Waals surface area contributed by atoms with Crippen molar-refractivity contribution in [1.82, 2.24) is 4.98 Å². The monoisotopic (exact) mass is 278 g/mol. The summed E-state index contributed by atoms with van der Waals surface area (Å²) in [6.07, 6.45) is 0.169. The molecule has 2 atom stereocenters. The molecule has 3 nitrogen and oxygen atoms in total. The van der Waals surface area contributed by atoms with Gasteiger partial charge in [0.25, 0.3) is 0 Å². The van der Waals surface area contributed by atoms with Gasteiger partial charge in [-0.15, -0.1) is 0 Å². The summed E-state index contributed by atoms with van der Waals surface area (Å²) in [4.78, 5) is 4.09. The van der Waals surface area contributed by atoms with Gasteiger partial charge in [-0.2, -0.15) is 0 Å². The van der Waals surface area contributed by atoms with Gasteiger partial charge >= 0.3 is 0 Å². The van der Waals surface area contributed by atoms with E-state index in [1.54, 1.807) is 24.4 Å². The highest BCUT2D eigenvalue weighted by Gasteiger charge is 2.28. The molecule has 106 valence electrons. The second-order valence-corrected chi connectivity index (χ2v) is 4.63. The van der Waals surface area contributed by atoms with Crippen LogP contribution in [-0.2, 0) is 0 Å². The van der Waals surface area contributed by atoms with E-state index in [-0.39, 0.29) is 17.7 Å². The second kappa shape index (κ2) is 6.07. The molecule has 2 unspecified atom stereocenters. The fraction of sp³-hybridized carbons (Fsp3) is 0.267. The zero-order valence-electron chi connectivity index (χ0n) is 11.1. The Morgan fingerprint density at radius 3 is 2.60 bits per heavy atom. The first-order valence-corrected chi connectivity index (χ1v) is 6.29. The standard InChI is InChI=1S/C15H16F2N2O/c1-9-5-6-11(16)13(14(9)17)15(20)10(8-18)12-4-2-3-7-19-12/h2-7,10,15,20H,8,18H2,1H3. The molecule has 0 saturated heterocycles. The number of hydrogen-bond acceptors (Lipinski definition) is 3. The summed E-state index contributed by atoms with van der Waals surface area (Å²) in [5.41, 5.74) is 6.06. The summed E-state index contributed by atoms with van der Waals surface area (Å²) < 4.78 is 27.9. The lowest BCUT2D eigenvalue weighted by molar-refractivity contribution is 0.136. The Hall–Kier alpha value is -1.85. The smallest absolute Gasteiger partial charge is 0.134 e. The Morgan fingerprint density at radius 2 is 2.00 bits per heavy atom. The number of nitrogens with zero attached hydrogens (tertiary/aromatic N) is 1. The Bertz CT molecular complexity index is 590. The third kappa shape index (κ3) is 2.69. The lowest BCUT2D eigenvalue weighted by Crippen LogP contribution is -2.23. The van der Waals surface area contributed by atoms with Crippen LogP contribution in [0, 0.1) is 18.6 Å². The highest BCUT2D eigenvalue weighted by atomic mass is 19.1. The van der Waals surface area contributed by atoms with Gasteiger partial charge in [-0.1, -0.05) is 12.1 Å². The minimum Gasteiger partial charge on any atom is -0.387 e. The number of aryl methyl sites for hydroxylation is 1. The number of aromatic nitrogens is 1. The van der Waals surface area contributed by atoms with Gasteiger partial charge < -0.3 is 10.8 Å². The molecule has 0 saturated carbocycles. The van der Waals surface area contributed by atoms with Crippen molar-refractivity contribution in [2.45, 2.75) is 18.9 Å². The normalized spacial score (nSPS) is 14.1. The highest BCUT2D eigenvalue weighted by Crippen LogP contribution is 2.33. The highest BCUT2D eigenvalue weighted by molar-refractivity contribution is 5.31. The van der Waals surface area contributed by atoms with Crippen molar-refractivity contribution in [2.24, 2.45) is 5.73 Å². The van der Waals surface area contributed by atoms with Gasteiger partial charge in [0.15, 0.2) is 0 Å². The van der Waals surface area contributed by atoms with Crippen LogP contribution in [0.25, 0.3) is 0 Å². The van der Waals surface area contributed by atoms with Gasteiger partial charge in [0, 0.05) is 24.4 Å². The zero-order chi connectivity index (χ0) is 14.7. The predicted molar refractivity (Wildman–Crippen MR) is 72.1 cm³/mol. The van der Waals surface area contributed by atoms with Crippen LogP contribution in [0.3, 0.4) is 0 Å². The van der Waals surface area contributed by atoms with Crippen molar-refractivity contribution < 1.29 is 13.9 Å². The van der Waals surface area contributed by atoms with Crippen molar-refractivity contribution in [2.75, 3.05) is 6.54 Å². The van der Waals surface area contributed by atoms with E-state index in [4.69, 9.17) is 5.73 Å². The molecule has 1 aromatic heterocycles. The minimum atomic E-state index is -1.38. The van der Waals surface area contributed by atoms with E-state index >= 15 is 0 Å². The lowest BCUT2D eigenvalue weighted by Gasteiger charge is -2.22. The molecule has 0 spiro atoms. The number of hydrogen-bond donors (Lipinski definition) is 2. The van der Waals surface area contributed by atoms with E-state index < -0.39 is 23.7 Å². The van der Waals surface area contributed by atoms with Gasteiger partial charge in [0.05, 0.1) is 11.7 Å². The van der Waals surface area contributed by atoms with Crippen molar-refractivity contribution in [3.05, 3.63) is 65.0 Å². The maximum Gasteiger partial charge on any atom is 0.134 e. The number of rotatable bonds is 4. The van der Waals surface area contributed by atoms with Crippen LogP contribution in [0.5, 0.6) is 0 Å². The summed E-state index contributed by atoms with van der Waals surface area (Å²) in [7, 11) is 0. The molecule has 20 heavy (non-hydrogen) atoms. The first-order valence-electron chi connectivity index (χ1n) is 6.29. The lowest BCUT2D eigenvalue weighted by atomic mass is 9.91. The Labute approximate surface area is 116 Å². The van der Waals surface area contributed by atoms with Gasteiger partial charge in [0.2, 0.25) is 0 Å². The molecule has 1 aromatic carbocycles. The average molecular weight is 278 g/mol. The fourth-order valence-electron chi connectivity index (χ4n) is 2.16. The largest absolute Gasteiger partial charge is 0.387 e. The van der Waals surface area contributed by atoms with E-state index in [9.17, 15) is 13.9 Å². The van der Waals surface area contributed by atoms with E-state index in [0.29, 0.717) is 5.69 Å². The number of benzene rings is 1. The minimum absolute atomic E-state index is 0.0327. The third-order valence-electron chi connectivity index (χ3n) is 3.32. The Morgan fingerprint density at radius 1 is 1.25 bits per heavy atom. The number of nitrogens with two attached hydrogens (primary N) is 1. The summed E-state index contributed by atoms with van der Waals surface area (Å²) >= 11 is 0. The van der Waals surface area contributed by atoms with Crippen LogP contribution < -0.4 is 5.73 Å². The molecule has 0 aliphatic rings. The average Bonchev–Trinajstić information content (AvgIpc) is 2.45. The van der Waals surface area contributed by atoms with Crippen LogP contribution in [0.2, 0.25) is 0 Å². The zero-order valence-corrected chi connectivity index (χ0v) is 11.1. The van der Waals surface area contributed by atoms with Crippen LogP contribution in [-0.4, -0.2) is 16.6 Å².